The molecule has 10 N–H and O–H groups in total. The van der Waals surface area contributed by atoms with Crippen LogP contribution < -0.4 is 33.2 Å². The van der Waals surface area contributed by atoms with Crippen LogP contribution in [0.5, 0.6) is 0 Å². The van der Waals surface area contributed by atoms with E-state index in [9.17, 15) is 24.0 Å². The molecule has 0 bridgehead atoms. The number of primary amides is 1. The Morgan fingerprint density at radius 2 is 1.55 bits per heavy atom. The maximum absolute atomic E-state index is 12.8. The largest absolute Gasteiger partial charge is 0.480 e. The Hall–Kier alpha value is -2.73. The van der Waals surface area contributed by atoms with Gasteiger partial charge >= 0.3 is 5.97 Å². The van der Waals surface area contributed by atoms with Gasteiger partial charge in [-0.3, -0.25) is 24.0 Å². The van der Waals surface area contributed by atoms with Gasteiger partial charge in [0, 0.05) is 0 Å². The molecular formula is C19H36N6O6. The lowest BCUT2D eigenvalue weighted by Gasteiger charge is -2.27. The maximum Gasteiger partial charge on any atom is 0.325 e. The quantitative estimate of drug-likeness (QED) is 0.139. The average Bonchev–Trinajstić information content (AvgIpc) is 2.69. The van der Waals surface area contributed by atoms with Gasteiger partial charge in [0.05, 0.1) is 12.5 Å². The normalized spacial score (nSPS) is 15.6. The number of carboxylic acids is 1. The molecule has 178 valence electrons. The van der Waals surface area contributed by atoms with Crippen LogP contribution in [0.25, 0.3) is 0 Å². The highest BCUT2D eigenvalue weighted by atomic mass is 16.4. The zero-order chi connectivity index (χ0) is 24.1. The number of nitrogens with two attached hydrogens (primary N) is 3. The summed E-state index contributed by atoms with van der Waals surface area (Å²) >= 11 is 0. The molecule has 0 spiro atoms. The molecule has 0 aromatic heterocycles. The van der Waals surface area contributed by atoms with Gasteiger partial charge in [-0.05, 0) is 32.2 Å². The standard InChI is InChI=1S/C19H36N6O6/c1-4-10(2)15(25-16(27)12(21)7-5-6-8-20)18(29)24-13(9-14(22)26)17(28)23-11(3)19(30)31/h10-13,15H,4-9,20-21H2,1-3H3,(H2,22,26)(H,23,28)(H,24,29)(H,25,27)(H,30,31). The van der Waals surface area contributed by atoms with E-state index in [2.05, 4.69) is 16.0 Å². The smallest absolute Gasteiger partial charge is 0.325 e. The Morgan fingerprint density at radius 1 is 0.935 bits per heavy atom. The van der Waals surface area contributed by atoms with Crippen LogP contribution >= 0.6 is 0 Å². The zero-order valence-electron chi connectivity index (χ0n) is 18.3. The van der Waals surface area contributed by atoms with Gasteiger partial charge in [-0.2, -0.15) is 0 Å². The van der Waals surface area contributed by atoms with Gasteiger partial charge in [0.15, 0.2) is 0 Å². The van der Waals surface area contributed by atoms with Gasteiger partial charge in [-0.1, -0.05) is 26.7 Å². The van der Waals surface area contributed by atoms with Crippen LogP contribution in [0.15, 0.2) is 0 Å². The fraction of sp³-hybridized carbons (Fsp3) is 0.737. The summed E-state index contributed by atoms with van der Waals surface area (Å²) in [6.45, 7) is 5.27. The van der Waals surface area contributed by atoms with Crippen LogP contribution in [0.1, 0.15) is 52.9 Å². The molecule has 0 fully saturated rings. The van der Waals surface area contributed by atoms with Crippen LogP contribution in [0.2, 0.25) is 0 Å². The first-order valence-electron chi connectivity index (χ1n) is 10.3. The molecule has 0 aliphatic heterocycles. The number of carbonyl (C=O) groups excluding carboxylic acids is 4. The second-order valence-corrected chi connectivity index (χ2v) is 7.56. The van der Waals surface area contributed by atoms with Crippen molar-refractivity contribution < 1.29 is 29.1 Å². The highest BCUT2D eigenvalue weighted by Crippen LogP contribution is 2.10. The van der Waals surface area contributed by atoms with Gasteiger partial charge in [-0.25, -0.2) is 0 Å². The van der Waals surface area contributed by atoms with Crippen molar-refractivity contribution in [3.05, 3.63) is 0 Å². The summed E-state index contributed by atoms with van der Waals surface area (Å²) in [4.78, 5) is 59.9. The predicted octanol–water partition coefficient (Wildman–Crippen LogP) is -2.08. The van der Waals surface area contributed by atoms with Crippen molar-refractivity contribution in [2.75, 3.05) is 6.54 Å². The first-order valence-corrected chi connectivity index (χ1v) is 10.3. The van der Waals surface area contributed by atoms with Gasteiger partial charge in [0.25, 0.3) is 0 Å². The van der Waals surface area contributed by atoms with Crippen LogP contribution in [0.4, 0.5) is 0 Å². The molecule has 0 rings (SSSR count). The lowest BCUT2D eigenvalue weighted by molar-refractivity contribution is -0.142. The Bertz CT molecular complexity index is 643. The molecule has 0 radical (unpaired) electrons. The third kappa shape index (κ3) is 10.7. The van der Waals surface area contributed by atoms with E-state index in [0.717, 1.165) is 6.42 Å². The lowest BCUT2D eigenvalue weighted by Crippen LogP contribution is -2.59. The molecule has 5 unspecified atom stereocenters. The number of rotatable bonds is 15. The molecule has 0 aliphatic rings. The lowest BCUT2D eigenvalue weighted by atomic mass is 9.97. The second-order valence-electron chi connectivity index (χ2n) is 7.56. The van der Waals surface area contributed by atoms with E-state index in [-0.39, 0.29) is 5.92 Å². The number of unbranched alkanes of at least 4 members (excludes halogenated alkanes) is 1. The molecule has 0 aromatic carbocycles. The third-order valence-electron chi connectivity index (χ3n) is 4.87. The van der Waals surface area contributed by atoms with E-state index in [4.69, 9.17) is 22.3 Å². The first kappa shape index (κ1) is 28.3. The van der Waals surface area contributed by atoms with E-state index >= 15 is 0 Å². The number of aliphatic carboxylic acids is 1. The van der Waals surface area contributed by atoms with E-state index in [1.54, 1.807) is 6.92 Å². The van der Waals surface area contributed by atoms with E-state index in [1.165, 1.54) is 6.92 Å². The van der Waals surface area contributed by atoms with Crippen LogP contribution in [0.3, 0.4) is 0 Å². The van der Waals surface area contributed by atoms with Crippen molar-refractivity contribution >= 4 is 29.6 Å². The van der Waals surface area contributed by atoms with E-state index in [0.29, 0.717) is 25.8 Å². The fourth-order valence-corrected chi connectivity index (χ4v) is 2.65. The van der Waals surface area contributed by atoms with Crippen molar-refractivity contribution in [1.29, 1.82) is 0 Å². The van der Waals surface area contributed by atoms with Crippen molar-refractivity contribution in [3.63, 3.8) is 0 Å². The number of carboxylic acid groups (broad SMARTS) is 1. The first-order chi connectivity index (χ1) is 14.4. The Morgan fingerprint density at radius 3 is 2.03 bits per heavy atom. The molecule has 5 atom stereocenters. The van der Waals surface area contributed by atoms with E-state index < -0.39 is 60.2 Å². The fourth-order valence-electron chi connectivity index (χ4n) is 2.65. The Balaban J connectivity index is 5.33. The number of carbonyl (C=O) groups is 5. The number of hydrogen-bond acceptors (Lipinski definition) is 7. The highest BCUT2D eigenvalue weighted by molar-refractivity contribution is 5.96. The van der Waals surface area contributed by atoms with Gasteiger partial charge in [-0.15, -0.1) is 0 Å². The summed E-state index contributed by atoms with van der Waals surface area (Å²) in [7, 11) is 0. The van der Waals surface area contributed by atoms with Crippen molar-refractivity contribution in [2.45, 2.75) is 77.0 Å². The topological polar surface area (TPSA) is 220 Å². The number of hydrogen-bond donors (Lipinski definition) is 7. The zero-order valence-corrected chi connectivity index (χ0v) is 18.3. The Labute approximate surface area is 182 Å². The minimum atomic E-state index is -1.39. The summed E-state index contributed by atoms with van der Waals surface area (Å²) in [5.74, 6) is -4.57. The summed E-state index contributed by atoms with van der Waals surface area (Å²) < 4.78 is 0. The van der Waals surface area contributed by atoms with Gasteiger partial charge < -0.3 is 38.3 Å². The highest BCUT2D eigenvalue weighted by Gasteiger charge is 2.32. The van der Waals surface area contributed by atoms with Crippen LogP contribution in [-0.4, -0.2) is 65.4 Å². The molecule has 0 aliphatic carbocycles. The van der Waals surface area contributed by atoms with Gasteiger partial charge in [0.1, 0.15) is 18.1 Å². The van der Waals surface area contributed by atoms with Gasteiger partial charge in [0.2, 0.25) is 23.6 Å². The molecule has 12 heteroatoms. The minimum Gasteiger partial charge on any atom is -0.480 e. The summed E-state index contributed by atoms with van der Waals surface area (Å²) in [6, 6.07) is -4.48. The third-order valence-corrected chi connectivity index (χ3v) is 4.87. The SMILES string of the molecule is CCC(C)C(NC(=O)C(N)CCCCN)C(=O)NC(CC(N)=O)C(=O)NC(C)C(=O)O. The second kappa shape index (κ2) is 14.3. The molecule has 4 amide bonds. The Kier molecular flexibility index (Phi) is 13.0. The number of amides is 4. The maximum atomic E-state index is 12.8. The van der Waals surface area contributed by atoms with Crippen molar-refractivity contribution in [2.24, 2.45) is 23.1 Å². The van der Waals surface area contributed by atoms with Crippen LogP contribution in [0, 0.1) is 5.92 Å². The average molecular weight is 445 g/mol. The molecular weight excluding hydrogens is 408 g/mol. The van der Waals surface area contributed by atoms with Crippen molar-refractivity contribution in [1.82, 2.24) is 16.0 Å². The molecule has 31 heavy (non-hydrogen) atoms. The summed E-state index contributed by atoms with van der Waals surface area (Å²) in [5.41, 5.74) is 16.5. The van der Waals surface area contributed by atoms with Crippen LogP contribution in [-0.2, 0) is 24.0 Å². The molecule has 0 aromatic rings. The van der Waals surface area contributed by atoms with Crippen molar-refractivity contribution in [3.8, 4) is 0 Å². The van der Waals surface area contributed by atoms with E-state index in [1.807, 2.05) is 6.92 Å². The predicted molar refractivity (Wildman–Crippen MR) is 113 cm³/mol. The minimum absolute atomic E-state index is 0.310. The monoisotopic (exact) mass is 444 g/mol. The molecule has 0 heterocycles. The molecule has 0 saturated heterocycles. The molecule has 0 saturated carbocycles. The number of nitrogens with one attached hydrogen (secondary N) is 3. The summed E-state index contributed by atoms with van der Waals surface area (Å²) in [6.07, 6.45) is 1.77. The summed E-state index contributed by atoms with van der Waals surface area (Å²) in [5, 5.41) is 16.1. The molecule has 12 nitrogen and oxygen atoms in total.